The predicted molar refractivity (Wildman–Crippen MR) is 126 cm³/mol. The molecule has 31 heavy (non-hydrogen) atoms. The van der Waals surface area contributed by atoms with Crippen LogP contribution in [0.2, 0.25) is 5.02 Å². The Morgan fingerprint density at radius 1 is 1.32 bits per heavy atom. The van der Waals surface area contributed by atoms with Crippen molar-refractivity contribution in [3.8, 4) is 10.4 Å². The SMILES string of the molecule is CC(C)(C)N(CC1CC(Cc2ccccc2-c2cc3nccc(Cl)c3s2)CO1)C(=O)O. The number of hydrogen-bond acceptors (Lipinski definition) is 4. The van der Waals surface area contributed by atoms with Crippen molar-refractivity contribution < 1.29 is 14.6 Å². The Kier molecular flexibility index (Phi) is 6.24. The number of thiophene rings is 1. The van der Waals surface area contributed by atoms with Crippen molar-refractivity contribution >= 4 is 39.2 Å². The molecule has 1 aromatic carbocycles. The molecule has 7 heteroatoms. The van der Waals surface area contributed by atoms with E-state index < -0.39 is 11.6 Å². The normalized spacial score (nSPS) is 19.1. The quantitative estimate of drug-likeness (QED) is 0.484. The van der Waals surface area contributed by atoms with Gasteiger partial charge in [0.25, 0.3) is 0 Å². The van der Waals surface area contributed by atoms with Gasteiger partial charge in [-0.25, -0.2) is 4.79 Å². The average Bonchev–Trinajstić information content (AvgIpc) is 3.33. The van der Waals surface area contributed by atoms with E-state index in [1.807, 2.05) is 26.8 Å². The van der Waals surface area contributed by atoms with E-state index in [1.165, 1.54) is 16.0 Å². The fourth-order valence-corrected chi connectivity index (χ4v) is 5.53. The largest absolute Gasteiger partial charge is 0.465 e. The fraction of sp³-hybridized carbons (Fsp3) is 0.417. The van der Waals surface area contributed by atoms with Crippen molar-refractivity contribution in [2.24, 2.45) is 5.92 Å². The molecule has 2 unspecified atom stereocenters. The number of benzene rings is 1. The van der Waals surface area contributed by atoms with Gasteiger partial charge in [0, 0.05) is 16.6 Å². The summed E-state index contributed by atoms with van der Waals surface area (Å²) in [6.45, 7) is 6.79. The minimum atomic E-state index is -0.901. The van der Waals surface area contributed by atoms with Crippen molar-refractivity contribution in [2.75, 3.05) is 13.2 Å². The maximum Gasteiger partial charge on any atom is 0.407 e. The Labute approximate surface area is 191 Å². The number of aromatic nitrogens is 1. The van der Waals surface area contributed by atoms with E-state index in [2.05, 4.69) is 35.3 Å². The van der Waals surface area contributed by atoms with E-state index in [4.69, 9.17) is 16.3 Å². The van der Waals surface area contributed by atoms with Gasteiger partial charge >= 0.3 is 6.09 Å². The van der Waals surface area contributed by atoms with E-state index in [0.29, 0.717) is 19.1 Å². The lowest BCUT2D eigenvalue weighted by Gasteiger charge is -2.34. The number of rotatable bonds is 5. The minimum absolute atomic E-state index is 0.0696. The molecule has 4 rings (SSSR count). The molecule has 2 aromatic heterocycles. The number of amides is 1. The van der Waals surface area contributed by atoms with Crippen LogP contribution in [0.1, 0.15) is 32.8 Å². The van der Waals surface area contributed by atoms with Gasteiger partial charge in [0.1, 0.15) is 0 Å². The Balaban J connectivity index is 1.50. The van der Waals surface area contributed by atoms with E-state index in [1.54, 1.807) is 17.5 Å². The molecule has 1 aliphatic rings. The van der Waals surface area contributed by atoms with Crippen LogP contribution in [0.15, 0.2) is 42.6 Å². The highest BCUT2D eigenvalue weighted by Crippen LogP contribution is 2.38. The maximum absolute atomic E-state index is 11.7. The minimum Gasteiger partial charge on any atom is -0.465 e. The molecule has 164 valence electrons. The summed E-state index contributed by atoms with van der Waals surface area (Å²) in [7, 11) is 0. The summed E-state index contributed by atoms with van der Waals surface area (Å²) in [5.74, 6) is 0.359. The van der Waals surface area contributed by atoms with Crippen LogP contribution in [-0.4, -0.2) is 45.9 Å². The molecule has 1 saturated heterocycles. The highest BCUT2D eigenvalue weighted by molar-refractivity contribution is 7.22. The van der Waals surface area contributed by atoms with Gasteiger partial charge in [-0.1, -0.05) is 35.9 Å². The average molecular weight is 459 g/mol. The van der Waals surface area contributed by atoms with Crippen LogP contribution in [0.5, 0.6) is 0 Å². The van der Waals surface area contributed by atoms with E-state index >= 15 is 0 Å². The second-order valence-corrected chi connectivity index (χ2v) is 10.6. The van der Waals surface area contributed by atoms with Crippen LogP contribution in [0.3, 0.4) is 0 Å². The fourth-order valence-electron chi connectivity index (χ4n) is 4.18. The first-order valence-corrected chi connectivity index (χ1v) is 11.7. The molecular weight excluding hydrogens is 432 g/mol. The first-order valence-electron chi connectivity index (χ1n) is 10.5. The summed E-state index contributed by atoms with van der Waals surface area (Å²) in [6.07, 6.45) is 2.52. The zero-order valence-corrected chi connectivity index (χ0v) is 19.5. The van der Waals surface area contributed by atoms with Crippen LogP contribution in [-0.2, 0) is 11.2 Å². The number of nitrogens with zero attached hydrogens (tertiary/aromatic N) is 2. The lowest BCUT2D eigenvalue weighted by atomic mass is 9.93. The summed E-state index contributed by atoms with van der Waals surface area (Å²) in [6, 6.07) is 12.4. The van der Waals surface area contributed by atoms with Gasteiger partial charge in [0.05, 0.1) is 34.5 Å². The van der Waals surface area contributed by atoms with Crippen LogP contribution in [0.25, 0.3) is 20.7 Å². The highest BCUT2D eigenvalue weighted by Gasteiger charge is 2.33. The van der Waals surface area contributed by atoms with Gasteiger partial charge in [0.2, 0.25) is 0 Å². The molecule has 0 bridgehead atoms. The lowest BCUT2D eigenvalue weighted by Crippen LogP contribution is -2.48. The van der Waals surface area contributed by atoms with E-state index in [-0.39, 0.29) is 6.10 Å². The summed E-state index contributed by atoms with van der Waals surface area (Å²) in [4.78, 5) is 18.7. The van der Waals surface area contributed by atoms with Crippen LogP contribution in [0, 0.1) is 5.92 Å². The summed E-state index contributed by atoms with van der Waals surface area (Å²) < 4.78 is 7.00. The van der Waals surface area contributed by atoms with Gasteiger partial charge in [-0.3, -0.25) is 4.98 Å². The molecule has 1 amide bonds. The molecule has 0 radical (unpaired) electrons. The monoisotopic (exact) mass is 458 g/mol. The Bertz CT molecular complexity index is 1090. The molecule has 5 nitrogen and oxygen atoms in total. The van der Waals surface area contributed by atoms with Crippen LogP contribution < -0.4 is 0 Å². The van der Waals surface area contributed by atoms with Gasteiger partial charge in [-0.15, -0.1) is 11.3 Å². The van der Waals surface area contributed by atoms with E-state index in [9.17, 15) is 9.90 Å². The Morgan fingerprint density at radius 2 is 2.10 bits per heavy atom. The standard InChI is InChI=1S/C24H27ClN2O3S/c1-24(2,3)27(23(28)29)13-17-11-15(14-30-17)10-16-6-4-5-7-18(16)21-12-20-22(31-21)19(25)8-9-26-20/h4-9,12,15,17H,10-11,13-14H2,1-3H3,(H,28,29). The molecule has 0 spiro atoms. The van der Waals surface area contributed by atoms with Gasteiger partial charge in [-0.05, 0) is 62.8 Å². The van der Waals surface area contributed by atoms with Crippen molar-refractivity contribution in [3.05, 3.63) is 53.2 Å². The number of carboxylic acid groups (broad SMARTS) is 1. The summed E-state index contributed by atoms with van der Waals surface area (Å²) in [5.41, 5.74) is 2.94. The molecule has 2 atom stereocenters. The van der Waals surface area contributed by atoms with Crippen molar-refractivity contribution in [3.63, 3.8) is 0 Å². The van der Waals surface area contributed by atoms with E-state index in [0.717, 1.165) is 33.0 Å². The third-order valence-corrected chi connectivity index (χ3v) is 7.36. The molecular formula is C24H27ClN2O3S. The van der Waals surface area contributed by atoms with Crippen molar-refractivity contribution in [1.82, 2.24) is 9.88 Å². The van der Waals surface area contributed by atoms with Crippen LogP contribution >= 0.6 is 22.9 Å². The number of halogens is 1. The highest BCUT2D eigenvalue weighted by atomic mass is 35.5. The summed E-state index contributed by atoms with van der Waals surface area (Å²) in [5, 5.41) is 10.3. The molecule has 1 N–H and O–H groups in total. The maximum atomic E-state index is 11.7. The first kappa shape index (κ1) is 22.1. The van der Waals surface area contributed by atoms with Gasteiger partial charge in [0.15, 0.2) is 0 Å². The number of fused-ring (bicyclic) bond motifs is 1. The lowest BCUT2D eigenvalue weighted by molar-refractivity contribution is 0.0384. The number of carbonyl (C=O) groups is 1. The molecule has 3 aromatic rings. The van der Waals surface area contributed by atoms with Gasteiger partial charge < -0.3 is 14.7 Å². The second-order valence-electron chi connectivity index (χ2n) is 9.10. The molecule has 0 aliphatic carbocycles. The molecule has 0 saturated carbocycles. The Hall–Kier alpha value is -2.15. The van der Waals surface area contributed by atoms with Crippen molar-refractivity contribution in [2.45, 2.75) is 45.3 Å². The van der Waals surface area contributed by atoms with Gasteiger partial charge in [-0.2, -0.15) is 0 Å². The number of ether oxygens (including phenoxy) is 1. The zero-order valence-electron chi connectivity index (χ0n) is 18.0. The molecule has 1 aliphatic heterocycles. The third-order valence-electron chi connectivity index (χ3n) is 5.75. The molecule has 3 heterocycles. The Morgan fingerprint density at radius 3 is 2.81 bits per heavy atom. The third kappa shape index (κ3) is 4.86. The topological polar surface area (TPSA) is 62.7 Å². The second kappa shape index (κ2) is 8.77. The number of pyridine rings is 1. The predicted octanol–water partition coefficient (Wildman–Crippen LogP) is 6.34. The zero-order chi connectivity index (χ0) is 22.2. The van der Waals surface area contributed by atoms with Crippen LogP contribution in [0.4, 0.5) is 4.79 Å². The molecule has 1 fully saturated rings. The first-order chi connectivity index (χ1) is 14.7. The smallest absolute Gasteiger partial charge is 0.407 e. The summed E-state index contributed by atoms with van der Waals surface area (Å²) >= 11 is 8.02. The number of hydrogen-bond donors (Lipinski definition) is 1. The van der Waals surface area contributed by atoms with Crippen molar-refractivity contribution in [1.29, 1.82) is 0 Å².